The minimum Gasteiger partial charge on any atom is -0.345 e. The van der Waals surface area contributed by atoms with Gasteiger partial charge in [-0.2, -0.15) is 0 Å². The Bertz CT molecular complexity index is 449. The number of nitrogens with two attached hydrogens (primary N) is 1. The SMILES string of the molecule is CC(C)C(C)(CN)NC(=O)c1cc(Cl)ccc1Cl. The highest BCUT2D eigenvalue weighted by atomic mass is 35.5. The first-order valence-corrected chi connectivity index (χ1v) is 6.53. The molecule has 0 spiro atoms. The first-order chi connectivity index (χ1) is 8.30. The molecular weight excluding hydrogens is 271 g/mol. The average molecular weight is 289 g/mol. The van der Waals surface area contributed by atoms with Gasteiger partial charge in [0.2, 0.25) is 0 Å². The summed E-state index contributed by atoms with van der Waals surface area (Å²) in [6, 6.07) is 4.80. The average Bonchev–Trinajstić information content (AvgIpc) is 2.31. The summed E-state index contributed by atoms with van der Waals surface area (Å²) in [5, 5.41) is 3.77. The molecule has 0 bridgehead atoms. The Hall–Kier alpha value is -0.770. The highest BCUT2D eigenvalue weighted by Crippen LogP contribution is 2.22. The van der Waals surface area contributed by atoms with Crippen molar-refractivity contribution in [2.75, 3.05) is 6.54 Å². The van der Waals surface area contributed by atoms with Crippen molar-refractivity contribution in [1.82, 2.24) is 5.32 Å². The maximum atomic E-state index is 12.2. The van der Waals surface area contributed by atoms with Crippen LogP contribution in [0.5, 0.6) is 0 Å². The lowest BCUT2D eigenvalue weighted by molar-refractivity contribution is 0.0883. The van der Waals surface area contributed by atoms with Crippen molar-refractivity contribution < 1.29 is 4.79 Å². The molecule has 1 unspecified atom stereocenters. The zero-order valence-corrected chi connectivity index (χ0v) is 12.3. The van der Waals surface area contributed by atoms with Gasteiger partial charge in [-0.3, -0.25) is 4.79 Å². The molecule has 0 aromatic heterocycles. The van der Waals surface area contributed by atoms with E-state index in [4.69, 9.17) is 28.9 Å². The Morgan fingerprint density at radius 1 is 1.44 bits per heavy atom. The van der Waals surface area contributed by atoms with Gasteiger partial charge in [-0.25, -0.2) is 0 Å². The van der Waals surface area contributed by atoms with Crippen LogP contribution < -0.4 is 11.1 Å². The maximum Gasteiger partial charge on any atom is 0.253 e. The van der Waals surface area contributed by atoms with Crippen molar-refractivity contribution in [1.29, 1.82) is 0 Å². The Morgan fingerprint density at radius 3 is 2.56 bits per heavy atom. The number of hydrogen-bond donors (Lipinski definition) is 2. The summed E-state index contributed by atoms with van der Waals surface area (Å²) >= 11 is 11.9. The van der Waals surface area contributed by atoms with Crippen molar-refractivity contribution in [2.24, 2.45) is 11.7 Å². The number of hydrogen-bond acceptors (Lipinski definition) is 2. The van der Waals surface area contributed by atoms with Gasteiger partial charge in [0.15, 0.2) is 0 Å². The third kappa shape index (κ3) is 3.37. The molecule has 1 atom stereocenters. The van der Waals surface area contributed by atoms with Crippen LogP contribution >= 0.6 is 23.2 Å². The molecule has 5 heteroatoms. The second-order valence-electron chi connectivity index (χ2n) is 4.85. The summed E-state index contributed by atoms with van der Waals surface area (Å²) in [5.74, 6) is -0.0476. The maximum absolute atomic E-state index is 12.2. The fraction of sp³-hybridized carbons (Fsp3) is 0.462. The van der Waals surface area contributed by atoms with Gasteiger partial charge in [0.25, 0.3) is 5.91 Å². The molecule has 1 aromatic carbocycles. The Morgan fingerprint density at radius 2 is 2.06 bits per heavy atom. The summed E-state index contributed by atoms with van der Waals surface area (Å²) in [5.41, 5.74) is 5.62. The molecule has 0 radical (unpaired) electrons. The quantitative estimate of drug-likeness (QED) is 0.895. The van der Waals surface area contributed by atoms with Crippen LogP contribution in [-0.2, 0) is 0 Å². The number of halogens is 2. The molecule has 3 N–H and O–H groups in total. The summed E-state index contributed by atoms with van der Waals surface area (Å²) < 4.78 is 0. The molecule has 1 amide bonds. The van der Waals surface area contributed by atoms with E-state index in [0.29, 0.717) is 22.2 Å². The predicted octanol–water partition coefficient (Wildman–Crippen LogP) is 3.10. The Labute approximate surface area is 118 Å². The van der Waals surface area contributed by atoms with Gasteiger partial charge in [0.1, 0.15) is 0 Å². The van der Waals surface area contributed by atoms with Crippen molar-refractivity contribution in [3.63, 3.8) is 0 Å². The van der Waals surface area contributed by atoms with Crippen LogP contribution in [0, 0.1) is 5.92 Å². The smallest absolute Gasteiger partial charge is 0.253 e. The van der Waals surface area contributed by atoms with Crippen molar-refractivity contribution >= 4 is 29.1 Å². The van der Waals surface area contributed by atoms with E-state index in [1.54, 1.807) is 18.2 Å². The molecule has 0 heterocycles. The van der Waals surface area contributed by atoms with Crippen LogP contribution in [-0.4, -0.2) is 18.0 Å². The molecule has 100 valence electrons. The standard InChI is InChI=1S/C13H18Cl2N2O/c1-8(2)13(3,7-16)17-12(18)10-6-9(14)4-5-11(10)15/h4-6,8H,7,16H2,1-3H3,(H,17,18). The number of carbonyl (C=O) groups is 1. The van der Waals surface area contributed by atoms with Crippen molar-refractivity contribution in [3.05, 3.63) is 33.8 Å². The minimum atomic E-state index is -0.470. The molecule has 0 aliphatic carbocycles. The largest absolute Gasteiger partial charge is 0.345 e. The molecule has 0 aliphatic rings. The predicted molar refractivity (Wildman–Crippen MR) is 76.2 cm³/mol. The first-order valence-electron chi connectivity index (χ1n) is 5.78. The van der Waals surface area contributed by atoms with Gasteiger partial charge >= 0.3 is 0 Å². The zero-order valence-electron chi connectivity index (χ0n) is 10.8. The van der Waals surface area contributed by atoms with E-state index in [9.17, 15) is 4.79 Å². The second-order valence-corrected chi connectivity index (χ2v) is 5.70. The minimum absolute atomic E-state index is 0.212. The number of nitrogens with one attached hydrogen (secondary N) is 1. The number of rotatable bonds is 4. The molecule has 18 heavy (non-hydrogen) atoms. The van der Waals surface area contributed by atoms with Crippen molar-refractivity contribution in [2.45, 2.75) is 26.3 Å². The van der Waals surface area contributed by atoms with Gasteiger partial charge in [-0.05, 0) is 31.0 Å². The number of benzene rings is 1. The van der Waals surface area contributed by atoms with E-state index >= 15 is 0 Å². The van der Waals surface area contributed by atoms with E-state index in [2.05, 4.69) is 5.32 Å². The molecule has 0 saturated carbocycles. The number of amides is 1. The van der Waals surface area contributed by atoms with Gasteiger partial charge in [-0.1, -0.05) is 37.0 Å². The Balaban J connectivity index is 2.98. The molecule has 0 saturated heterocycles. The summed E-state index contributed by atoms with van der Waals surface area (Å²) in [4.78, 5) is 12.2. The van der Waals surface area contributed by atoms with Crippen LogP contribution in [0.25, 0.3) is 0 Å². The van der Waals surface area contributed by atoms with E-state index < -0.39 is 5.54 Å². The monoisotopic (exact) mass is 288 g/mol. The van der Waals surface area contributed by atoms with Crippen LogP contribution in [0.2, 0.25) is 10.0 Å². The van der Waals surface area contributed by atoms with Crippen molar-refractivity contribution in [3.8, 4) is 0 Å². The molecule has 1 aromatic rings. The Kier molecular flexibility index (Phi) is 5.02. The molecule has 3 nitrogen and oxygen atoms in total. The van der Waals surface area contributed by atoms with Crippen LogP contribution in [0.15, 0.2) is 18.2 Å². The molecule has 1 rings (SSSR count). The lowest BCUT2D eigenvalue weighted by Crippen LogP contribution is -2.55. The van der Waals surface area contributed by atoms with E-state index in [-0.39, 0.29) is 11.8 Å². The van der Waals surface area contributed by atoms with Gasteiger partial charge in [0, 0.05) is 11.6 Å². The van der Waals surface area contributed by atoms with Gasteiger partial charge in [-0.15, -0.1) is 0 Å². The summed E-state index contributed by atoms with van der Waals surface area (Å²) in [6.45, 7) is 6.28. The fourth-order valence-corrected chi connectivity index (χ4v) is 1.80. The lowest BCUT2D eigenvalue weighted by atomic mass is 9.88. The molecule has 0 aliphatic heterocycles. The van der Waals surface area contributed by atoms with Crippen LogP contribution in [0.3, 0.4) is 0 Å². The third-order valence-electron chi connectivity index (χ3n) is 3.27. The molecular formula is C13H18Cl2N2O. The third-order valence-corrected chi connectivity index (χ3v) is 3.84. The van der Waals surface area contributed by atoms with Crippen LogP contribution in [0.4, 0.5) is 0 Å². The van der Waals surface area contributed by atoms with E-state index in [0.717, 1.165) is 0 Å². The van der Waals surface area contributed by atoms with E-state index in [1.807, 2.05) is 20.8 Å². The van der Waals surface area contributed by atoms with E-state index in [1.165, 1.54) is 0 Å². The topological polar surface area (TPSA) is 55.1 Å². The summed E-state index contributed by atoms with van der Waals surface area (Å²) in [7, 11) is 0. The van der Waals surface area contributed by atoms with Gasteiger partial charge < -0.3 is 11.1 Å². The molecule has 0 fully saturated rings. The van der Waals surface area contributed by atoms with Gasteiger partial charge in [0.05, 0.1) is 16.1 Å². The van der Waals surface area contributed by atoms with Crippen LogP contribution in [0.1, 0.15) is 31.1 Å². The summed E-state index contributed by atoms with van der Waals surface area (Å²) in [6.07, 6.45) is 0. The number of carbonyl (C=O) groups excluding carboxylic acids is 1. The normalized spacial score (nSPS) is 14.4. The zero-order chi connectivity index (χ0) is 13.9. The fourth-order valence-electron chi connectivity index (χ4n) is 1.43. The highest BCUT2D eigenvalue weighted by Gasteiger charge is 2.29. The first kappa shape index (κ1) is 15.3. The lowest BCUT2D eigenvalue weighted by Gasteiger charge is -2.33. The highest BCUT2D eigenvalue weighted by molar-refractivity contribution is 6.35. The second kappa shape index (κ2) is 5.91.